The Morgan fingerprint density at radius 1 is 1.33 bits per heavy atom. The van der Waals surface area contributed by atoms with Gasteiger partial charge in [0.15, 0.2) is 0 Å². The molecule has 0 amide bonds. The number of hydrogen-bond donors (Lipinski definition) is 2. The van der Waals surface area contributed by atoms with E-state index in [1.165, 1.54) is 12.8 Å². The topological polar surface area (TPSA) is 67.4 Å². The van der Waals surface area contributed by atoms with Crippen molar-refractivity contribution in [3.8, 4) is 0 Å². The molecule has 0 aromatic heterocycles. The van der Waals surface area contributed by atoms with Crippen molar-refractivity contribution in [1.82, 2.24) is 10.0 Å². The third-order valence-electron chi connectivity index (χ3n) is 3.08. The maximum atomic E-state index is 11.9. The van der Waals surface area contributed by atoms with Crippen molar-refractivity contribution >= 4 is 10.0 Å². The second kappa shape index (κ2) is 7.43. The number of hydrogen-bond acceptors (Lipinski definition) is 4. The number of sulfonamides is 1. The van der Waals surface area contributed by atoms with E-state index < -0.39 is 10.0 Å². The Hall–Kier alpha value is -0.170. The summed E-state index contributed by atoms with van der Waals surface area (Å²) in [5, 5.41) is 3.31. The van der Waals surface area contributed by atoms with Gasteiger partial charge in [-0.3, -0.25) is 0 Å². The second-order valence-electron chi connectivity index (χ2n) is 5.32. The highest BCUT2D eigenvalue weighted by atomic mass is 32.2. The highest BCUT2D eigenvalue weighted by molar-refractivity contribution is 7.89. The predicted octanol–water partition coefficient (Wildman–Crippen LogP) is 0.719. The van der Waals surface area contributed by atoms with Crippen LogP contribution in [0.25, 0.3) is 0 Å². The van der Waals surface area contributed by atoms with Crippen LogP contribution in [0.3, 0.4) is 0 Å². The summed E-state index contributed by atoms with van der Waals surface area (Å²) in [5.41, 5.74) is 0. The summed E-state index contributed by atoms with van der Waals surface area (Å²) < 4.78 is 31.5. The smallest absolute Gasteiger partial charge is 0.211 e. The molecule has 1 atom stereocenters. The Morgan fingerprint density at radius 3 is 2.50 bits per heavy atom. The Morgan fingerprint density at radius 2 is 2.00 bits per heavy atom. The van der Waals surface area contributed by atoms with Gasteiger partial charge in [-0.2, -0.15) is 0 Å². The molecule has 1 aliphatic rings. The summed E-state index contributed by atoms with van der Waals surface area (Å²) in [4.78, 5) is 0. The molecule has 0 radical (unpaired) electrons. The molecular weight excluding hydrogens is 252 g/mol. The predicted molar refractivity (Wildman–Crippen MR) is 73.1 cm³/mol. The zero-order valence-corrected chi connectivity index (χ0v) is 12.4. The third-order valence-corrected chi connectivity index (χ3v) is 4.57. The zero-order valence-electron chi connectivity index (χ0n) is 11.6. The molecule has 2 N–H and O–H groups in total. The minimum absolute atomic E-state index is 0.142. The van der Waals surface area contributed by atoms with Gasteiger partial charge in [0.25, 0.3) is 0 Å². The molecule has 0 aromatic rings. The molecule has 0 saturated heterocycles. The maximum Gasteiger partial charge on any atom is 0.211 e. The van der Waals surface area contributed by atoms with Crippen molar-refractivity contribution in [3.63, 3.8) is 0 Å². The van der Waals surface area contributed by atoms with E-state index in [4.69, 9.17) is 4.74 Å². The van der Waals surface area contributed by atoms with Gasteiger partial charge in [0.1, 0.15) is 0 Å². The van der Waals surface area contributed by atoms with E-state index in [0.717, 1.165) is 6.54 Å². The number of rotatable bonds is 10. The lowest BCUT2D eigenvalue weighted by Gasteiger charge is -2.21. The molecule has 6 heteroatoms. The quantitative estimate of drug-likeness (QED) is 0.578. The van der Waals surface area contributed by atoms with Gasteiger partial charge in [-0.1, -0.05) is 13.8 Å². The van der Waals surface area contributed by atoms with Gasteiger partial charge in [0.05, 0.1) is 12.4 Å². The van der Waals surface area contributed by atoms with Crippen LogP contribution in [0.5, 0.6) is 0 Å². The zero-order chi connectivity index (χ0) is 13.6. The fourth-order valence-electron chi connectivity index (χ4n) is 1.69. The average molecular weight is 278 g/mol. The van der Waals surface area contributed by atoms with E-state index in [2.05, 4.69) is 10.0 Å². The van der Waals surface area contributed by atoms with Crippen LogP contribution in [-0.2, 0) is 14.8 Å². The Labute approximate surface area is 111 Å². The van der Waals surface area contributed by atoms with Crippen LogP contribution in [0.1, 0.15) is 33.1 Å². The molecule has 5 nitrogen and oxygen atoms in total. The molecule has 0 heterocycles. The summed E-state index contributed by atoms with van der Waals surface area (Å²) >= 11 is 0. The first-order chi connectivity index (χ1) is 8.44. The van der Waals surface area contributed by atoms with Gasteiger partial charge in [0.2, 0.25) is 10.0 Å². The molecule has 0 aliphatic heterocycles. The molecule has 1 unspecified atom stereocenters. The van der Waals surface area contributed by atoms with Crippen molar-refractivity contribution in [2.24, 2.45) is 5.92 Å². The molecule has 0 spiro atoms. The van der Waals surface area contributed by atoms with E-state index in [0.29, 0.717) is 19.1 Å². The van der Waals surface area contributed by atoms with Crippen molar-refractivity contribution in [2.45, 2.75) is 45.2 Å². The van der Waals surface area contributed by atoms with Crippen molar-refractivity contribution in [2.75, 3.05) is 26.0 Å². The minimum atomic E-state index is -3.20. The average Bonchev–Trinajstić information content (AvgIpc) is 3.07. The standard InChI is InChI=1S/C12H26N2O3S/c1-10(2)12(9-17-3)14-18(15,16)8-4-7-13-11-5-6-11/h10-14H,4-9H2,1-3H3. The van der Waals surface area contributed by atoms with Crippen LogP contribution < -0.4 is 10.0 Å². The van der Waals surface area contributed by atoms with Gasteiger partial charge in [-0.05, 0) is 31.7 Å². The molecule has 0 aromatic carbocycles. The normalized spacial score (nSPS) is 18.2. The van der Waals surface area contributed by atoms with Crippen LogP contribution >= 0.6 is 0 Å². The van der Waals surface area contributed by atoms with Crippen molar-refractivity contribution < 1.29 is 13.2 Å². The van der Waals surface area contributed by atoms with Crippen molar-refractivity contribution in [1.29, 1.82) is 0 Å². The lowest BCUT2D eigenvalue weighted by molar-refractivity contribution is 0.157. The molecule has 18 heavy (non-hydrogen) atoms. The van der Waals surface area contributed by atoms with Crippen LogP contribution in [0.2, 0.25) is 0 Å². The lowest BCUT2D eigenvalue weighted by atomic mass is 10.1. The van der Waals surface area contributed by atoms with Gasteiger partial charge < -0.3 is 10.1 Å². The third kappa shape index (κ3) is 6.68. The summed E-state index contributed by atoms with van der Waals surface area (Å²) in [6, 6.07) is 0.494. The fraction of sp³-hybridized carbons (Fsp3) is 1.00. The van der Waals surface area contributed by atoms with Gasteiger partial charge in [-0.15, -0.1) is 0 Å². The molecule has 1 rings (SSSR count). The first-order valence-electron chi connectivity index (χ1n) is 6.67. The molecule has 1 aliphatic carbocycles. The van der Waals surface area contributed by atoms with Crippen LogP contribution in [0, 0.1) is 5.92 Å². The van der Waals surface area contributed by atoms with Crippen LogP contribution in [0.15, 0.2) is 0 Å². The van der Waals surface area contributed by atoms with E-state index in [1.54, 1.807) is 7.11 Å². The van der Waals surface area contributed by atoms with E-state index in [1.807, 2.05) is 13.8 Å². The first-order valence-corrected chi connectivity index (χ1v) is 8.32. The van der Waals surface area contributed by atoms with E-state index in [-0.39, 0.29) is 17.7 Å². The monoisotopic (exact) mass is 278 g/mol. The SMILES string of the molecule is COCC(NS(=O)(=O)CCCNC1CC1)C(C)C. The second-order valence-corrected chi connectivity index (χ2v) is 7.20. The molecular formula is C12H26N2O3S. The summed E-state index contributed by atoms with van der Waals surface area (Å²) in [7, 11) is -1.61. The first kappa shape index (κ1) is 15.9. The summed E-state index contributed by atoms with van der Waals surface area (Å²) in [5.74, 6) is 0.406. The van der Waals surface area contributed by atoms with Crippen LogP contribution in [0.4, 0.5) is 0 Å². The van der Waals surface area contributed by atoms with Crippen molar-refractivity contribution in [3.05, 3.63) is 0 Å². The highest BCUT2D eigenvalue weighted by Crippen LogP contribution is 2.18. The maximum absolute atomic E-state index is 11.9. The molecule has 0 bridgehead atoms. The molecule has 1 fully saturated rings. The van der Waals surface area contributed by atoms with Gasteiger partial charge in [0, 0.05) is 19.2 Å². The van der Waals surface area contributed by atoms with Gasteiger partial charge in [-0.25, -0.2) is 13.1 Å². The number of methoxy groups -OCH3 is 1. The number of nitrogens with one attached hydrogen (secondary N) is 2. The Bertz CT molecular complexity index is 326. The Kier molecular flexibility index (Phi) is 6.55. The minimum Gasteiger partial charge on any atom is -0.383 e. The largest absolute Gasteiger partial charge is 0.383 e. The van der Waals surface area contributed by atoms with Gasteiger partial charge >= 0.3 is 0 Å². The van der Waals surface area contributed by atoms with E-state index >= 15 is 0 Å². The van der Waals surface area contributed by atoms with Crippen LogP contribution in [-0.4, -0.2) is 46.5 Å². The Balaban J connectivity index is 2.26. The highest BCUT2D eigenvalue weighted by Gasteiger charge is 2.22. The summed E-state index contributed by atoms with van der Waals surface area (Å²) in [6.45, 7) is 5.17. The molecule has 108 valence electrons. The summed E-state index contributed by atoms with van der Waals surface area (Å²) in [6.07, 6.45) is 3.12. The lowest BCUT2D eigenvalue weighted by Crippen LogP contribution is -2.43. The number of ether oxygens (including phenoxy) is 1. The fourth-order valence-corrected chi connectivity index (χ4v) is 3.13. The molecule has 1 saturated carbocycles. The van der Waals surface area contributed by atoms with E-state index in [9.17, 15) is 8.42 Å².